The molecule has 0 bridgehead atoms. The summed E-state index contributed by atoms with van der Waals surface area (Å²) in [4.78, 5) is 0. The molecule has 0 heterocycles. The zero-order chi connectivity index (χ0) is 9.68. The van der Waals surface area contributed by atoms with Crippen molar-refractivity contribution in [2.24, 2.45) is 0 Å². The van der Waals surface area contributed by atoms with E-state index in [0.717, 1.165) is 11.1 Å². The Kier molecular flexibility index (Phi) is 3.68. The quantitative estimate of drug-likeness (QED) is 0.659. The Balaban J connectivity index is 2.78. The molecule has 0 unspecified atom stereocenters. The number of hydrogen-bond donors (Lipinski definition) is 0. The van der Waals surface area contributed by atoms with Crippen molar-refractivity contribution in [3.63, 3.8) is 0 Å². The molecule has 2 nitrogen and oxygen atoms in total. The third-order valence-electron chi connectivity index (χ3n) is 1.86. The van der Waals surface area contributed by atoms with Gasteiger partial charge >= 0.3 is 0 Å². The smallest absolute Gasteiger partial charge is 0.183 e. The summed E-state index contributed by atoms with van der Waals surface area (Å²) in [6.45, 7) is 3.92. The van der Waals surface area contributed by atoms with Crippen molar-refractivity contribution in [1.29, 1.82) is 0 Å². The van der Waals surface area contributed by atoms with Gasteiger partial charge in [-0.15, -0.1) is 0 Å². The van der Waals surface area contributed by atoms with E-state index in [0.29, 0.717) is 0 Å². The fraction of sp³-hybridized carbons (Fsp3) is 0.273. The first-order chi connectivity index (χ1) is 6.29. The second kappa shape index (κ2) is 4.80. The van der Waals surface area contributed by atoms with Crippen molar-refractivity contribution in [3.8, 4) is 0 Å². The lowest BCUT2D eigenvalue weighted by atomic mass is 10.1. The van der Waals surface area contributed by atoms with Crippen LogP contribution < -0.4 is 0 Å². The van der Waals surface area contributed by atoms with Crippen LogP contribution in [0.15, 0.2) is 36.9 Å². The largest absolute Gasteiger partial charge is 0.352 e. The predicted octanol–water partition coefficient (Wildman–Crippen LogP) is 2.32. The van der Waals surface area contributed by atoms with Crippen LogP contribution in [0.1, 0.15) is 5.56 Å². The second-order valence-electron chi connectivity index (χ2n) is 2.69. The standard InChI is InChI=1S/C11H14O2/c1-9(11(12-2)13-3)10-7-5-4-6-8-10/h4-8,11H,1H2,2-3H3. The number of rotatable bonds is 4. The summed E-state index contributed by atoms with van der Waals surface area (Å²) in [5.74, 6) is 0. The normalized spacial score (nSPS) is 10.4. The maximum Gasteiger partial charge on any atom is 0.183 e. The lowest BCUT2D eigenvalue weighted by Crippen LogP contribution is -2.14. The highest BCUT2D eigenvalue weighted by atomic mass is 16.7. The average molecular weight is 178 g/mol. The van der Waals surface area contributed by atoms with Crippen LogP contribution in [0.3, 0.4) is 0 Å². The van der Waals surface area contributed by atoms with Crippen LogP contribution in [0, 0.1) is 0 Å². The third kappa shape index (κ3) is 2.41. The highest BCUT2D eigenvalue weighted by Crippen LogP contribution is 2.17. The summed E-state index contributed by atoms with van der Waals surface area (Å²) in [6, 6.07) is 9.85. The lowest BCUT2D eigenvalue weighted by molar-refractivity contribution is -0.0588. The second-order valence-corrected chi connectivity index (χ2v) is 2.69. The molecule has 1 rings (SSSR count). The zero-order valence-electron chi connectivity index (χ0n) is 7.99. The van der Waals surface area contributed by atoms with E-state index in [1.165, 1.54) is 0 Å². The summed E-state index contributed by atoms with van der Waals surface area (Å²) in [5.41, 5.74) is 1.88. The van der Waals surface area contributed by atoms with Gasteiger partial charge in [0, 0.05) is 19.8 Å². The molecule has 0 saturated heterocycles. The van der Waals surface area contributed by atoms with Crippen molar-refractivity contribution < 1.29 is 9.47 Å². The Morgan fingerprint density at radius 3 is 2.15 bits per heavy atom. The molecule has 0 spiro atoms. The molecule has 0 fully saturated rings. The number of ether oxygens (including phenoxy) is 2. The number of methoxy groups -OCH3 is 2. The summed E-state index contributed by atoms with van der Waals surface area (Å²) < 4.78 is 10.2. The molecular formula is C11H14O2. The SMILES string of the molecule is C=C(c1ccccc1)C(OC)OC. The van der Waals surface area contributed by atoms with E-state index in [-0.39, 0.29) is 6.29 Å². The van der Waals surface area contributed by atoms with Crippen LogP contribution in [-0.2, 0) is 9.47 Å². The summed E-state index contributed by atoms with van der Waals surface area (Å²) in [6.07, 6.45) is -0.359. The molecule has 1 aromatic carbocycles. The van der Waals surface area contributed by atoms with Crippen molar-refractivity contribution in [1.82, 2.24) is 0 Å². The van der Waals surface area contributed by atoms with Crippen molar-refractivity contribution in [3.05, 3.63) is 42.5 Å². The first-order valence-electron chi connectivity index (χ1n) is 4.09. The molecule has 0 aliphatic rings. The third-order valence-corrected chi connectivity index (χ3v) is 1.86. The Morgan fingerprint density at radius 2 is 1.69 bits per heavy atom. The summed E-state index contributed by atoms with van der Waals surface area (Å²) in [7, 11) is 3.20. The first-order valence-corrected chi connectivity index (χ1v) is 4.09. The van der Waals surface area contributed by atoms with E-state index in [1.54, 1.807) is 14.2 Å². The van der Waals surface area contributed by atoms with E-state index in [1.807, 2.05) is 30.3 Å². The molecule has 0 radical (unpaired) electrons. The van der Waals surface area contributed by atoms with Gasteiger partial charge in [0.2, 0.25) is 0 Å². The molecule has 2 heteroatoms. The maximum absolute atomic E-state index is 5.09. The Morgan fingerprint density at radius 1 is 1.15 bits per heavy atom. The highest BCUT2D eigenvalue weighted by molar-refractivity contribution is 5.65. The molecule has 70 valence electrons. The van der Waals surface area contributed by atoms with Gasteiger partial charge < -0.3 is 9.47 Å². The van der Waals surface area contributed by atoms with Gasteiger partial charge in [0.15, 0.2) is 6.29 Å². The van der Waals surface area contributed by atoms with Crippen LogP contribution in [0.25, 0.3) is 5.57 Å². The topological polar surface area (TPSA) is 18.5 Å². The average Bonchev–Trinajstić information content (AvgIpc) is 2.21. The van der Waals surface area contributed by atoms with Gasteiger partial charge in [-0.05, 0) is 5.56 Å². The van der Waals surface area contributed by atoms with Gasteiger partial charge in [0.1, 0.15) is 0 Å². The minimum Gasteiger partial charge on any atom is -0.352 e. The molecule has 1 aromatic rings. The van der Waals surface area contributed by atoms with Gasteiger partial charge in [0.25, 0.3) is 0 Å². The van der Waals surface area contributed by atoms with Crippen molar-refractivity contribution in [2.45, 2.75) is 6.29 Å². The van der Waals surface area contributed by atoms with Crippen molar-refractivity contribution >= 4 is 5.57 Å². The number of benzene rings is 1. The van der Waals surface area contributed by atoms with Crippen molar-refractivity contribution in [2.75, 3.05) is 14.2 Å². The molecule has 0 amide bonds. The minimum absolute atomic E-state index is 0.359. The minimum atomic E-state index is -0.359. The van der Waals surface area contributed by atoms with E-state index >= 15 is 0 Å². The fourth-order valence-corrected chi connectivity index (χ4v) is 1.17. The van der Waals surface area contributed by atoms with Gasteiger partial charge in [-0.3, -0.25) is 0 Å². The Hall–Kier alpha value is -1.12. The van der Waals surface area contributed by atoms with Gasteiger partial charge in [-0.1, -0.05) is 36.9 Å². The summed E-state index contributed by atoms with van der Waals surface area (Å²) in [5, 5.41) is 0. The van der Waals surface area contributed by atoms with Gasteiger partial charge in [0.05, 0.1) is 0 Å². The molecule has 13 heavy (non-hydrogen) atoms. The first kappa shape index (κ1) is 9.96. The lowest BCUT2D eigenvalue weighted by Gasteiger charge is -2.15. The van der Waals surface area contributed by atoms with Crippen LogP contribution in [0.4, 0.5) is 0 Å². The molecule has 0 N–H and O–H groups in total. The summed E-state index contributed by atoms with van der Waals surface area (Å²) >= 11 is 0. The molecule has 0 aliphatic heterocycles. The number of hydrogen-bond acceptors (Lipinski definition) is 2. The van der Waals surface area contributed by atoms with E-state index < -0.39 is 0 Å². The predicted molar refractivity (Wildman–Crippen MR) is 53.3 cm³/mol. The van der Waals surface area contributed by atoms with E-state index in [4.69, 9.17) is 9.47 Å². The van der Waals surface area contributed by atoms with Gasteiger partial charge in [-0.2, -0.15) is 0 Å². The molecular weight excluding hydrogens is 164 g/mol. The van der Waals surface area contributed by atoms with Crippen LogP contribution in [0.2, 0.25) is 0 Å². The molecule has 0 aliphatic carbocycles. The van der Waals surface area contributed by atoms with Crippen LogP contribution in [-0.4, -0.2) is 20.5 Å². The maximum atomic E-state index is 5.09. The molecule has 0 saturated carbocycles. The zero-order valence-corrected chi connectivity index (χ0v) is 7.99. The fourth-order valence-electron chi connectivity index (χ4n) is 1.17. The van der Waals surface area contributed by atoms with Crippen LogP contribution in [0.5, 0.6) is 0 Å². The highest BCUT2D eigenvalue weighted by Gasteiger charge is 2.10. The van der Waals surface area contributed by atoms with E-state index in [9.17, 15) is 0 Å². The Bertz CT molecular complexity index is 263. The monoisotopic (exact) mass is 178 g/mol. The molecule has 0 atom stereocenters. The van der Waals surface area contributed by atoms with Gasteiger partial charge in [-0.25, -0.2) is 0 Å². The Labute approximate surface area is 78.8 Å². The molecule has 0 aromatic heterocycles. The van der Waals surface area contributed by atoms with E-state index in [2.05, 4.69) is 6.58 Å². The van der Waals surface area contributed by atoms with Crippen LogP contribution >= 0.6 is 0 Å².